The standard InChI is InChI=1S/C12H10O4/c1-7(13)12(16)10(14)6-8-4-2-3-5-9(8)11(12)15/h2-5,16H,6H2,1H3. The van der Waals surface area contributed by atoms with Crippen LogP contribution >= 0.6 is 0 Å². The quantitative estimate of drug-likeness (QED) is 0.689. The molecule has 1 aliphatic rings. The molecule has 4 heteroatoms. The first-order valence-corrected chi connectivity index (χ1v) is 4.87. The lowest BCUT2D eigenvalue weighted by molar-refractivity contribution is -0.144. The molecule has 4 nitrogen and oxygen atoms in total. The van der Waals surface area contributed by atoms with Gasteiger partial charge in [0.15, 0.2) is 11.6 Å². The van der Waals surface area contributed by atoms with Crippen molar-refractivity contribution in [2.24, 2.45) is 0 Å². The molecule has 0 saturated carbocycles. The first kappa shape index (κ1) is 10.7. The van der Waals surface area contributed by atoms with Crippen LogP contribution in [0.1, 0.15) is 22.8 Å². The summed E-state index contributed by atoms with van der Waals surface area (Å²) in [5.74, 6) is -2.38. The van der Waals surface area contributed by atoms with E-state index in [1.807, 2.05) is 0 Å². The summed E-state index contributed by atoms with van der Waals surface area (Å²) >= 11 is 0. The Hall–Kier alpha value is -1.81. The number of carbonyl (C=O) groups excluding carboxylic acids is 3. The minimum atomic E-state index is -2.48. The van der Waals surface area contributed by atoms with Crippen molar-refractivity contribution in [1.82, 2.24) is 0 Å². The van der Waals surface area contributed by atoms with Gasteiger partial charge in [0, 0.05) is 12.0 Å². The highest BCUT2D eigenvalue weighted by molar-refractivity contribution is 6.34. The summed E-state index contributed by atoms with van der Waals surface area (Å²) in [6.07, 6.45) is -0.0853. The molecule has 1 aromatic carbocycles. The van der Waals surface area contributed by atoms with Crippen LogP contribution in [-0.2, 0) is 16.0 Å². The molecule has 0 aliphatic heterocycles. The number of carbonyl (C=O) groups is 3. The van der Waals surface area contributed by atoms with E-state index < -0.39 is 23.0 Å². The van der Waals surface area contributed by atoms with Gasteiger partial charge in [-0.3, -0.25) is 14.4 Å². The Morgan fingerprint density at radius 2 is 1.94 bits per heavy atom. The third-order valence-corrected chi connectivity index (χ3v) is 2.85. The average Bonchev–Trinajstić information content (AvgIpc) is 2.26. The minimum Gasteiger partial charge on any atom is -0.369 e. The normalized spacial score (nSPS) is 24.1. The Morgan fingerprint density at radius 1 is 1.31 bits per heavy atom. The molecule has 1 N–H and O–H groups in total. The number of hydrogen-bond acceptors (Lipinski definition) is 4. The van der Waals surface area contributed by atoms with Crippen LogP contribution in [0.25, 0.3) is 0 Å². The van der Waals surface area contributed by atoms with Crippen molar-refractivity contribution in [3.05, 3.63) is 35.4 Å². The van der Waals surface area contributed by atoms with Gasteiger partial charge in [0.05, 0.1) is 0 Å². The molecule has 2 rings (SSSR count). The fraction of sp³-hybridized carbons (Fsp3) is 0.250. The maximum atomic E-state index is 11.9. The fourth-order valence-electron chi connectivity index (χ4n) is 1.87. The first-order valence-electron chi connectivity index (χ1n) is 4.87. The van der Waals surface area contributed by atoms with Gasteiger partial charge >= 0.3 is 0 Å². The smallest absolute Gasteiger partial charge is 0.245 e. The molecule has 0 fully saturated rings. The third kappa shape index (κ3) is 1.23. The maximum absolute atomic E-state index is 11.9. The van der Waals surface area contributed by atoms with E-state index in [9.17, 15) is 19.5 Å². The Morgan fingerprint density at radius 3 is 2.56 bits per heavy atom. The summed E-state index contributed by atoms with van der Waals surface area (Å²) in [5.41, 5.74) is -1.67. The van der Waals surface area contributed by atoms with Crippen LogP contribution in [0.5, 0.6) is 0 Å². The van der Waals surface area contributed by atoms with Crippen LogP contribution in [0, 0.1) is 0 Å². The number of hydrogen-bond donors (Lipinski definition) is 1. The Balaban J connectivity index is 2.63. The first-order chi connectivity index (χ1) is 7.48. The summed E-state index contributed by atoms with van der Waals surface area (Å²) in [5, 5.41) is 9.88. The molecule has 0 saturated heterocycles. The van der Waals surface area contributed by atoms with Crippen molar-refractivity contribution in [2.45, 2.75) is 18.9 Å². The van der Waals surface area contributed by atoms with Crippen molar-refractivity contribution in [1.29, 1.82) is 0 Å². The third-order valence-electron chi connectivity index (χ3n) is 2.85. The van der Waals surface area contributed by atoms with Crippen LogP contribution in [0.4, 0.5) is 0 Å². The number of fused-ring (bicyclic) bond motifs is 1. The summed E-state index contributed by atoms with van der Waals surface area (Å²) in [7, 11) is 0. The van der Waals surface area contributed by atoms with Crippen LogP contribution in [0.15, 0.2) is 24.3 Å². The van der Waals surface area contributed by atoms with Gasteiger partial charge in [-0.1, -0.05) is 24.3 Å². The maximum Gasteiger partial charge on any atom is 0.245 e. The van der Waals surface area contributed by atoms with Gasteiger partial charge < -0.3 is 5.11 Å². The highest BCUT2D eigenvalue weighted by Crippen LogP contribution is 2.26. The Kier molecular flexibility index (Phi) is 2.24. The van der Waals surface area contributed by atoms with Crippen LogP contribution in [0.3, 0.4) is 0 Å². The second kappa shape index (κ2) is 3.35. The monoisotopic (exact) mass is 218 g/mol. The van der Waals surface area contributed by atoms with Crippen molar-refractivity contribution >= 4 is 17.3 Å². The molecule has 1 aliphatic carbocycles. The zero-order valence-corrected chi connectivity index (χ0v) is 8.69. The van der Waals surface area contributed by atoms with E-state index in [1.54, 1.807) is 18.2 Å². The second-order valence-corrected chi connectivity index (χ2v) is 3.85. The summed E-state index contributed by atoms with van der Waals surface area (Å²) in [4.78, 5) is 34.8. The molecular formula is C12H10O4. The molecule has 1 aromatic rings. The second-order valence-electron chi connectivity index (χ2n) is 3.85. The molecule has 0 radical (unpaired) electrons. The zero-order valence-electron chi connectivity index (χ0n) is 8.69. The number of rotatable bonds is 1. The summed E-state index contributed by atoms with van der Waals surface area (Å²) in [6, 6.07) is 6.49. The molecule has 1 atom stereocenters. The molecule has 0 aromatic heterocycles. The lowest BCUT2D eigenvalue weighted by Gasteiger charge is -2.27. The molecule has 82 valence electrons. The topological polar surface area (TPSA) is 71.4 Å². The highest BCUT2D eigenvalue weighted by Gasteiger charge is 2.51. The van der Waals surface area contributed by atoms with Crippen molar-refractivity contribution < 1.29 is 19.5 Å². The molecule has 0 heterocycles. The summed E-state index contributed by atoms with van der Waals surface area (Å²) < 4.78 is 0. The summed E-state index contributed by atoms with van der Waals surface area (Å²) in [6.45, 7) is 1.05. The van der Waals surface area contributed by atoms with Gasteiger partial charge in [-0.25, -0.2) is 0 Å². The van der Waals surface area contributed by atoms with E-state index in [1.165, 1.54) is 6.07 Å². The molecule has 0 amide bonds. The average molecular weight is 218 g/mol. The van der Waals surface area contributed by atoms with Gasteiger partial charge in [0.25, 0.3) is 0 Å². The van der Waals surface area contributed by atoms with Gasteiger partial charge in [0.1, 0.15) is 0 Å². The predicted octanol–water partition coefficient (Wildman–Crippen LogP) is 0.315. The number of ketones is 3. The molecular weight excluding hydrogens is 208 g/mol. The SMILES string of the molecule is CC(=O)C1(O)C(=O)Cc2ccccc2C1=O. The van der Waals surface area contributed by atoms with Crippen molar-refractivity contribution in [3.8, 4) is 0 Å². The van der Waals surface area contributed by atoms with Crippen molar-refractivity contribution in [2.75, 3.05) is 0 Å². The largest absolute Gasteiger partial charge is 0.369 e. The minimum absolute atomic E-state index is 0.0853. The Labute approximate surface area is 91.9 Å². The predicted molar refractivity (Wildman–Crippen MR) is 55.1 cm³/mol. The van der Waals surface area contributed by atoms with E-state index in [0.29, 0.717) is 5.56 Å². The van der Waals surface area contributed by atoms with E-state index in [4.69, 9.17) is 0 Å². The molecule has 0 bridgehead atoms. The number of aliphatic hydroxyl groups is 1. The van der Waals surface area contributed by atoms with Gasteiger partial charge in [-0.15, -0.1) is 0 Å². The van der Waals surface area contributed by atoms with Gasteiger partial charge in [-0.2, -0.15) is 0 Å². The van der Waals surface area contributed by atoms with E-state index in [2.05, 4.69) is 0 Å². The Bertz CT molecular complexity index is 503. The van der Waals surface area contributed by atoms with Crippen LogP contribution < -0.4 is 0 Å². The lowest BCUT2D eigenvalue weighted by Crippen LogP contribution is -2.55. The van der Waals surface area contributed by atoms with Crippen LogP contribution in [-0.4, -0.2) is 28.1 Å². The van der Waals surface area contributed by atoms with E-state index in [-0.39, 0.29) is 12.0 Å². The molecule has 1 unspecified atom stereocenters. The van der Waals surface area contributed by atoms with Gasteiger partial charge in [0.2, 0.25) is 11.4 Å². The zero-order chi connectivity index (χ0) is 11.9. The van der Waals surface area contributed by atoms with E-state index >= 15 is 0 Å². The molecule has 16 heavy (non-hydrogen) atoms. The number of Topliss-reactive ketones (excluding diaryl/α,β-unsaturated/α-hetero) is 3. The fourth-order valence-corrected chi connectivity index (χ4v) is 1.87. The molecule has 0 spiro atoms. The van der Waals surface area contributed by atoms with Gasteiger partial charge in [-0.05, 0) is 12.5 Å². The highest BCUT2D eigenvalue weighted by atomic mass is 16.3. The van der Waals surface area contributed by atoms with E-state index in [0.717, 1.165) is 6.92 Å². The van der Waals surface area contributed by atoms with Crippen LogP contribution in [0.2, 0.25) is 0 Å². The number of benzene rings is 1. The lowest BCUT2D eigenvalue weighted by atomic mass is 9.76. The van der Waals surface area contributed by atoms with Crippen molar-refractivity contribution in [3.63, 3.8) is 0 Å².